The Hall–Kier alpha value is -0.610. The van der Waals surface area contributed by atoms with Crippen molar-refractivity contribution < 1.29 is 14.6 Å². The van der Waals surface area contributed by atoms with E-state index in [1.807, 2.05) is 0 Å². The number of aliphatic hydroxyl groups is 1. The topological polar surface area (TPSA) is 72.6 Å². The third-order valence-corrected chi connectivity index (χ3v) is 2.71. The minimum absolute atomic E-state index is 0.164. The number of ether oxygens (including phenoxy) is 1. The van der Waals surface area contributed by atoms with Crippen LogP contribution in [0.1, 0.15) is 32.6 Å². The minimum atomic E-state index is -0.319. The van der Waals surface area contributed by atoms with Crippen molar-refractivity contribution in [2.75, 3.05) is 6.61 Å². The van der Waals surface area contributed by atoms with E-state index < -0.39 is 0 Å². The fourth-order valence-corrected chi connectivity index (χ4v) is 1.57. The molecule has 1 aliphatic rings. The van der Waals surface area contributed by atoms with Crippen LogP contribution in [0.2, 0.25) is 0 Å². The maximum Gasteiger partial charge on any atom is 0.222 e. The normalized spacial score (nSPS) is 29.9. The van der Waals surface area contributed by atoms with Gasteiger partial charge >= 0.3 is 0 Å². The summed E-state index contributed by atoms with van der Waals surface area (Å²) in [5, 5.41) is 9.26. The first-order valence-corrected chi connectivity index (χ1v) is 5.18. The van der Waals surface area contributed by atoms with Gasteiger partial charge in [-0.2, -0.15) is 0 Å². The van der Waals surface area contributed by atoms with E-state index in [2.05, 4.69) is 0 Å². The van der Waals surface area contributed by atoms with E-state index in [1.54, 1.807) is 6.92 Å². The molecular formula is C10H19NO3. The maximum atomic E-state index is 10.7. The summed E-state index contributed by atoms with van der Waals surface area (Å²) in [6.07, 6.45) is 3.40. The summed E-state index contributed by atoms with van der Waals surface area (Å²) in [6, 6.07) is 0. The van der Waals surface area contributed by atoms with Gasteiger partial charge in [-0.05, 0) is 25.7 Å². The van der Waals surface area contributed by atoms with Crippen molar-refractivity contribution in [3.63, 3.8) is 0 Å². The Morgan fingerprint density at radius 3 is 2.57 bits per heavy atom. The molecule has 0 radical (unpaired) electrons. The molecule has 82 valence electrons. The Morgan fingerprint density at radius 2 is 2.07 bits per heavy atom. The summed E-state index contributed by atoms with van der Waals surface area (Å²) in [4.78, 5) is 10.7. The molecule has 0 heterocycles. The van der Waals surface area contributed by atoms with E-state index in [-0.39, 0.29) is 24.0 Å². The predicted molar refractivity (Wildman–Crippen MR) is 52.6 cm³/mol. The number of carbonyl (C=O) groups is 1. The van der Waals surface area contributed by atoms with Gasteiger partial charge in [0.1, 0.15) is 0 Å². The molecule has 1 amide bonds. The SMILES string of the molecule is CC(COC1CCC(O)CC1)C(N)=O. The van der Waals surface area contributed by atoms with Crippen LogP contribution >= 0.6 is 0 Å². The van der Waals surface area contributed by atoms with E-state index in [4.69, 9.17) is 10.5 Å². The molecule has 4 heteroatoms. The largest absolute Gasteiger partial charge is 0.393 e. The third-order valence-electron chi connectivity index (χ3n) is 2.71. The Balaban J connectivity index is 2.16. The van der Waals surface area contributed by atoms with Crippen LogP contribution in [0.5, 0.6) is 0 Å². The van der Waals surface area contributed by atoms with Crippen LogP contribution in [0.15, 0.2) is 0 Å². The standard InChI is InChI=1S/C10H19NO3/c1-7(10(11)13)6-14-9-4-2-8(12)3-5-9/h7-9,12H,2-6H2,1H3,(H2,11,13). The molecule has 0 aromatic heterocycles. The molecule has 0 spiro atoms. The van der Waals surface area contributed by atoms with Crippen LogP contribution in [-0.2, 0) is 9.53 Å². The van der Waals surface area contributed by atoms with Crippen molar-refractivity contribution in [1.29, 1.82) is 0 Å². The lowest BCUT2D eigenvalue weighted by molar-refractivity contribution is -0.124. The van der Waals surface area contributed by atoms with Gasteiger partial charge in [-0.15, -0.1) is 0 Å². The highest BCUT2D eigenvalue weighted by molar-refractivity contribution is 5.76. The van der Waals surface area contributed by atoms with Crippen molar-refractivity contribution in [1.82, 2.24) is 0 Å². The van der Waals surface area contributed by atoms with Crippen molar-refractivity contribution in [3.8, 4) is 0 Å². The fourth-order valence-electron chi connectivity index (χ4n) is 1.57. The molecule has 0 aromatic rings. The Kier molecular flexibility index (Phi) is 4.35. The molecule has 0 bridgehead atoms. The van der Waals surface area contributed by atoms with E-state index in [0.29, 0.717) is 6.61 Å². The van der Waals surface area contributed by atoms with Gasteiger partial charge in [-0.3, -0.25) is 4.79 Å². The maximum absolute atomic E-state index is 10.7. The van der Waals surface area contributed by atoms with Crippen LogP contribution < -0.4 is 5.73 Å². The van der Waals surface area contributed by atoms with Gasteiger partial charge in [0.05, 0.1) is 24.7 Å². The monoisotopic (exact) mass is 201 g/mol. The molecule has 0 aliphatic heterocycles. The van der Waals surface area contributed by atoms with Crippen molar-refractivity contribution in [2.24, 2.45) is 11.7 Å². The van der Waals surface area contributed by atoms with E-state index in [9.17, 15) is 9.90 Å². The van der Waals surface area contributed by atoms with E-state index in [1.165, 1.54) is 0 Å². The van der Waals surface area contributed by atoms with Crippen LogP contribution in [0, 0.1) is 5.92 Å². The molecule has 4 nitrogen and oxygen atoms in total. The molecular weight excluding hydrogens is 182 g/mol. The van der Waals surface area contributed by atoms with Gasteiger partial charge in [0, 0.05) is 0 Å². The summed E-state index contributed by atoms with van der Waals surface area (Å²) in [5.41, 5.74) is 5.11. The molecule has 1 atom stereocenters. The molecule has 1 fully saturated rings. The highest BCUT2D eigenvalue weighted by Gasteiger charge is 2.21. The number of carbonyl (C=O) groups excluding carboxylic acids is 1. The summed E-state index contributed by atoms with van der Waals surface area (Å²) in [6.45, 7) is 2.16. The summed E-state index contributed by atoms with van der Waals surface area (Å²) < 4.78 is 5.54. The third kappa shape index (κ3) is 3.64. The quantitative estimate of drug-likeness (QED) is 0.692. The molecule has 3 N–H and O–H groups in total. The number of hydrogen-bond acceptors (Lipinski definition) is 3. The zero-order valence-electron chi connectivity index (χ0n) is 8.61. The molecule has 0 aromatic carbocycles. The van der Waals surface area contributed by atoms with Gasteiger partial charge in [0.15, 0.2) is 0 Å². The number of primary amides is 1. The van der Waals surface area contributed by atoms with Crippen molar-refractivity contribution >= 4 is 5.91 Å². The van der Waals surface area contributed by atoms with Gasteiger partial charge in [0.2, 0.25) is 5.91 Å². The molecule has 14 heavy (non-hydrogen) atoms. The van der Waals surface area contributed by atoms with Gasteiger partial charge in [-0.1, -0.05) is 6.92 Å². The summed E-state index contributed by atoms with van der Waals surface area (Å²) in [5.74, 6) is -0.539. The smallest absolute Gasteiger partial charge is 0.222 e. The molecule has 0 saturated heterocycles. The zero-order valence-corrected chi connectivity index (χ0v) is 8.61. The minimum Gasteiger partial charge on any atom is -0.393 e. The highest BCUT2D eigenvalue weighted by Crippen LogP contribution is 2.21. The number of hydrogen-bond donors (Lipinski definition) is 2. The molecule has 1 unspecified atom stereocenters. The highest BCUT2D eigenvalue weighted by atomic mass is 16.5. The van der Waals surface area contributed by atoms with Crippen molar-refractivity contribution in [2.45, 2.75) is 44.8 Å². The first kappa shape index (κ1) is 11.5. The van der Waals surface area contributed by atoms with Gasteiger partial charge in [0.25, 0.3) is 0 Å². The lowest BCUT2D eigenvalue weighted by atomic mass is 9.95. The van der Waals surface area contributed by atoms with Crippen LogP contribution in [0.4, 0.5) is 0 Å². The average molecular weight is 201 g/mol. The second-order valence-electron chi connectivity index (χ2n) is 4.07. The van der Waals surface area contributed by atoms with Gasteiger partial charge < -0.3 is 15.6 Å². The summed E-state index contributed by atoms with van der Waals surface area (Å²) in [7, 11) is 0. The molecule has 1 saturated carbocycles. The lowest BCUT2D eigenvalue weighted by Crippen LogP contribution is -2.30. The average Bonchev–Trinajstić information content (AvgIpc) is 2.16. The molecule has 1 rings (SSSR count). The Bertz CT molecular complexity index is 188. The molecule has 1 aliphatic carbocycles. The second kappa shape index (κ2) is 5.32. The first-order valence-electron chi connectivity index (χ1n) is 5.18. The Morgan fingerprint density at radius 1 is 1.50 bits per heavy atom. The zero-order chi connectivity index (χ0) is 10.6. The predicted octanol–water partition coefficient (Wildman–Crippen LogP) is 0.428. The second-order valence-corrected chi connectivity index (χ2v) is 4.07. The number of amides is 1. The van der Waals surface area contributed by atoms with Gasteiger partial charge in [-0.25, -0.2) is 0 Å². The van der Waals surface area contributed by atoms with Crippen LogP contribution in [0.3, 0.4) is 0 Å². The number of rotatable bonds is 4. The lowest BCUT2D eigenvalue weighted by Gasteiger charge is -2.26. The van der Waals surface area contributed by atoms with Crippen LogP contribution in [-0.4, -0.2) is 29.8 Å². The van der Waals surface area contributed by atoms with Crippen LogP contribution in [0.25, 0.3) is 0 Å². The number of nitrogens with two attached hydrogens (primary N) is 1. The Labute approximate surface area is 84.4 Å². The van der Waals surface area contributed by atoms with Crippen molar-refractivity contribution in [3.05, 3.63) is 0 Å². The summed E-state index contributed by atoms with van der Waals surface area (Å²) >= 11 is 0. The fraction of sp³-hybridized carbons (Fsp3) is 0.900. The van der Waals surface area contributed by atoms with E-state index >= 15 is 0 Å². The number of aliphatic hydroxyl groups excluding tert-OH is 1. The first-order chi connectivity index (χ1) is 6.59. The van der Waals surface area contributed by atoms with E-state index in [0.717, 1.165) is 25.7 Å².